The molecule has 0 saturated heterocycles. The molecule has 0 unspecified atom stereocenters. The number of nitrogens with zero attached hydrogens (tertiary/aromatic N) is 3. The number of amides is 1. The zero-order valence-corrected chi connectivity index (χ0v) is 11.3. The van der Waals surface area contributed by atoms with Gasteiger partial charge in [-0.15, -0.1) is 0 Å². The van der Waals surface area contributed by atoms with Gasteiger partial charge in [0.15, 0.2) is 0 Å². The van der Waals surface area contributed by atoms with Crippen LogP contribution in [0.4, 0.5) is 5.69 Å². The third-order valence-electron chi connectivity index (χ3n) is 2.91. The van der Waals surface area contributed by atoms with E-state index in [2.05, 4.69) is 15.5 Å². The average Bonchev–Trinajstić information content (AvgIpc) is 2.99. The fourth-order valence-corrected chi connectivity index (χ4v) is 1.86. The highest BCUT2D eigenvalue weighted by Gasteiger charge is 2.03. The van der Waals surface area contributed by atoms with Crippen LogP contribution in [-0.4, -0.2) is 27.4 Å². The van der Waals surface area contributed by atoms with Crippen LogP contribution in [0.5, 0.6) is 0 Å². The van der Waals surface area contributed by atoms with Gasteiger partial charge in [-0.05, 0) is 43.7 Å². The standard InChI is InChI=1S/C14H19N5O/c15-9-3-1-2-4-14(20)18-12-5-7-13(8-6-12)19-16-10-11-17-19/h5-8,10-11H,1-4,9,15H2,(H,18,20). The molecule has 0 aliphatic heterocycles. The molecule has 1 aromatic heterocycles. The van der Waals surface area contributed by atoms with E-state index in [1.165, 1.54) is 4.80 Å². The maximum Gasteiger partial charge on any atom is 0.224 e. The number of nitrogens with one attached hydrogen (secondary N) is 1. The molecule has 0 spiro atoms. The summed E-state index contributed by atoms with van der Waals surface area (Å²) in [6.07, 6.45) is 6.61. The number of unbranched alkanes of at least 4 members (excludes halogenated alkanes) is 2. The topological polar surface area (TPSA) is 85.8 Å². The minimum absolute atomic E-state index is 0.0342. The molecule has 0 bridgehead atoms. The van der Waals surface area contributed by atoms with Crippen LogP contribution in [0.2, 0.25) is 0 Å². The van der Waals surface area contributed by atoms with Gasteiger partial charge < -0.3 is 11.1 Å². The van der Waals surface area contributed by atoms with Gasteiger partial charge in [-0.1, -0.05) is 6.42 Å². The Hall–Kier alpha value is -2.21. The van der Waals surface area contributed by atoms with Gasteiger partial charge in [0, 0.05) is 12.1 Å². The first kappa shape index (κ1) is 14.2. The van der Waals surface area contributed by atoms with E-state index >= 15 is 0 Å². The first-order valence-corrected chi connectivity index (χ1v) is 6.76. The van der Waals surface area contributed by atoms with E-state index in [-0.39, 0.29) is 5.91 Å². The molecular weight excluding hydrogens is 254 g/mol. The smallest absolute Gasteiger partial charge is 0.224 e. The summed E-state index contributed by atoms with van der Waals surface area (Å²) in [5.74, 6) is 0.0342. The van der Waals surface area contributed by atoms with E-state index in [0.717, 1.165) is 30.6 Å². The van der Waals surface area contributed by atoms with Crippen molar-refractivity contribution in [3.05, 3.63) is 36.7 Å². The first-order chi connectivity index (χ1) is 9.79. The summed E-state index contributed by atoms with van der Waals surface area (Å²) in [7, 11) is 0. The van der Waals surface area contributed by atoms with Crippen molar-refractivity contribution in [3.63, 3.8) is 0 Å². The van der Waals surface area contributed by atoms with Gasteiger partial charge in [0.2, 0.25) is 5.91 Å². The summed E-state index contributed by atoms with van der Waals surface area (Å²) < 4.78 is 0. The Morgan fingerprint density at radius 1 is 1.10 bits per heavy atom. The van der Waals surface area contributed by atoms with Gasteiger partial charge in [0.05, 0.1) is 18.1 Å². The molecule has 0 aliphatic rings. The second-order valence-corrected chi connectivity index (χ2v) is 4.51. The lowest BCUT2D eigenvalue weighted by Crippen LogP contribution is -2.11. The average molecular weight is 273 g/mol. The van der Waals surface area contributed by atoms with Crippen LogP contribution in [0.25, 0.3) is 5.69 Å². The molecule has 3 N–H and O–H groups in total. The summed E-state index contributed by atoms with van der Waals surface area (Å²) in [6.45, 7) is 0.685. The summed E-state index contributed by atoms with van der Waals surface area (Å²) in [5, 5.41) is 11.0. The molecule has 0 saturated carbocycles. The van der Waals surface area contributed by atoms with Gasteiger partial charge >= 0.3 is 0 Å². The summed E-state index contributed by atoms with van der Waals surface area (Å²) in [5.41, 5.74) is 7.05. The van der Waals surface area contributed by atoms with Crippen molar-refractivity contribution in [1.82, 2.24) is 15.0 Å². The number of rotatable bonds is 7. The van der Waals surface area contributed by atoms with Crippen molar-refractivity contribution in [2.45, 2.75) is 25.7 Å². The third kappa shape index (κ3) is 4.17. The zero-order valence-electron chi connectivity index (χ0n) is 11.3. The number of hydrogen-bond donors (Lipinski definition) is 2. The van der Waals surface area contributed by atoms with Gasteiger partial charge in [0.25, 0.3) is 0 Å². The largest absolute Gasteiger partial charge is 0.330 e. The van der Waals surface area contributed by atoms with Crippen LogP contribution >= 0.6 is 0 Å². The van der Waals surface area contributed by atoms with Crippen LogP contribution in [0.1, 0.15) is 25.7 Å². The number of benzene rings is 1. The SMILES string of the molecule is NCCCCCC(=O)Nc1ccc(-n2nccn2)cc1. The second-order valence-electron chi connectivity index (χ2n) is 4.51. The van der Waals surface area contributed by atoms with Gasteiger partial charge in [0.1, 0.15) is 0 Å². The Morgan fingerprint density at radius 2 is 1.80 bits per heavy atom. The molecule has 20 heavy (non-hydrogen) atoms. The number of carbonyl (C=O) groups excluding carboxylic acids is 1. The molecule has 2 aromatic rings. The van der Waals surface area contributed by atoms with Gasteiger partial charge in [-0.25, -0.2) is 0 Å². The molecule has 1 amide bonds. The maximum absolute atomic E-state index is 11.7. The molecule has 0 aliphatic carbocycles. The van der Waals surface area contributed by atoms with E-state index in [4.69, 9.17) is 5.73 Å². The summed E-state index contributed by atoms with van der Waals surface area (Å²) >= 11 is 0. The number of carbonyl (C=O) groups is 1. The van der Waals surface area contributed by atoms with Crippen molar-refractivity contribution in [1.29, 1.82) is 0 Å². The quantitative estimate of drug-likeness (QED) is 0.752. The van der Waals surface area contributed by atoms with Crippen molar-refractivity contribution in [2.24, 2.45) is 5.73 Å². The van der Waals surface area contributed by atoms with Crippen molar-refractivity contribution >= 4 is 11.6 Å². The number of hydrogen-bond acceptors (Lipinski definition) is 4. The highest BCUT2D eigenvalue weighted by Crippen LogP contribution is 2.12. The van der Waals surface area contributed by atoms with E-state index < -0.39 is 0 Å². The molecule has 6 heteroatoms. The van der Waals surface area contributed by atoms with Crippen LogP contribution in [0.15, 0.2) is 36.7 Å². The Kier molecular flexibility index (Phi) is 5.25. The minimum Gasteiger partial charge on any atom is -0.330 e. The summed E-state index contributed by atoms with van der Waals surface area (Å²) in [4.78, 5) is 13.2. The zero-order chi connectivity index (χ0) is 14.2. The Bertz CT molecular complexity index is 521. The van der Waals surface area contributed by atoms with Crippen LogP contribution in [0, 0.1) is 0 Å². The lowest BCUT2D eigenvalue weighted by molar-refractivity contribution is -0.116. The third-order valence-corrected chi connectivity index (χ3v) is 2.91. The van der Waals surface area contributed by atoms with Crippen LogP contribution in [0.3, 0.4) is 0 Å². The van der Waals surface area contributed by atoms with Crippen LogP contribution in [-0.2, 0) is 4.79 Å². The number of aromatic nitrogens is 3. The van der Waals surface area contributed by atoms with Gasteiger partial charge in [-0.2, -0.15) is 15.0 Å². The summed E-state index contributed by atoms with van der Waals surface area (Å²) in [6, 6.07) is 7.42. The normalized spacial score (nSPS) is 10.4. The fourth-order valence-electron chi connectivity index (χ4n) is 1.86. The molecule has 0 fully saturated rings. The molecule has 2 rings (SSSR count). The van der Waals surface area contributed by atoms with E-state index in [1.54, 1.807) is 12.4 Å². The van der Waals surface area contributed by atoms with Crippen molar-refractivity contribution in [3.8, 4) is 5.69 Å². The molecule has 0 radical (unpaired) electrons. The molecular formula is C14H19N5O. The van der Waals surface area contributed by atoms with E-state index in [0.29, 0.717) is 13.0 Å². The molecule has 0 atom stereocenters. The minimum atomic E-state index is 0.0342. The predicted molar refractivity (Wildman–Crippen MR) is 77.5 cm³/mol. The first-order valence-electron chi connectivity index (χ1n) is 6.76. The molecule has 106 valence electrons. The Morgan fingerprint density at radius 3 is 2.45 bits per heavy atom. The highest BCUT2D eigenvalue weighted by atomic mass is 16.1. The molecule has 1 heterocycles. The maximum atomic E-state index is 11.7. The number of nitrogens with two attached hydrogens (primary N) is 1. The monoisotopic (exact) mass is 273 g/mol. The molecule has 6 nitrogen and oxygen atoms in total. The van der Waals surface area contributed by atoms with E-state index in [1.807, 2.05) is 24.3 Å². The lowest BCUT2D eigenvalue weighted by atomic mass is 10.2. The van der Waals surface area contributed by atoms with Gasteiger partial charge in [-0.3, -0.25) is 4.79 Å². The Labute approximate surface area is 118 Å². The number of anilines is 1. The predicted octanol–water partition coefficient (Wildman–Crippen LogP) is 1.72. The van der Waals surface area contributed by atoms with Crippen molar-refractivity contribution < 1.29 is 4.79 Å². The lowest BCUT2D eigenvalue weighted by Gasteiger charge is -2.06. The van der Waals surface area contributed by atoms with E-state index in [9.17, 15) is 4.79 Å². The highest BCUT2D eigenvalue weighted by molar-refractivity contribution is 5.90. The van der Waals surface area contributed by atoms with Crippen LogP contribution < -0.4 is 11.1 Å². The Balaban J connectivity index is 1.83. The second kappa shape index (κ2) is 7.40. The van der Waals surface area contributed by atoms with Crippen molar-refractivity contribution in [2.75, 3.05) is 11.9 Å². The molecule has 1 aromatic carbocycles. The fraction of sp³-hybridized carbons (Fsp3) is 0.357.